The molecule has 6 heteroatoms. The Bertz CT molecular complexity index is 1300. The maximum absolute atomic E-state index is 12.3. The molecule has 0 bridgehead atoms. The van der Waals surface area contributed by atoms with Crippen LogP contribution in [0.4, 0.5) is 0 Å². The van der Waals surface area contributed by atoms with Gasteiger partial charge in [0.25, 0.3) is 0 Å². The highest BCUT2D eigenvalue weighted by atomic mass is 28.3. The highest BCUT2D eigenvalue weighted by Crippen LogP contribution is 2.49. The van der Waals surface area contributed by atoms with Gasteiger partial charge in [-0.3, -0.25) is 0 Å². The lowest BCUT2D eigenvalue weighted by Gasteiger charge is -2.24. The number of ether oxygens (including phenoxy) is 1. The molecule has 2 N–H and O–H groups in total. The lowest BCUT2D eigenvalue weighted by molar-refractivity contribution is -0.133. The summed E-state index contributed by atoms with van der Waals surface area (Å²) < 4.78 is 11.7. The van der Waals surface area contributed by atoms with Gasteiger partial charge in [-0.15, -0.1) is 0 Å². The number of fused-ring (bicyclic) bond motifs is 1. The standard InChI is InChI=1S/C29H32O5Si/c1-29(2,3)18-12-15-20(23(16-18)34-35(5)6)21-8-7-9-22-25(21)24(26(27(22)30)28(31)32)17-10-13-19(33-4)14-11-17/h7-16,27,30,35H,1-6H3,(H,31,32). The normalized spacial score (nSPS) is 15.4. The van der Waals surface area contributed by atoms with Gasteiger partial charge < -0.3 is 19.4 Å². The Hall–Kier alpha value is -3.35. The number of hydrogen-bond donors (Lipinski definition) is 2. The van der Waals surface area contributed by atoms with Gasteiger partial charge in [0, 0.05) is 11.1 Å². The van der Waals surface area contributed by atoms with E-state index in [1.807, 2.05) is 24.3 Å². The summed E-state index contributed by atoms with van der Waals surface area (Å²) in [5.74, 6) is 0.327. The van der Waals surface area contributed by atoms with Crippen LogP contribution in [0.25, 0.3) is 16.7 Å². The number of aliphatic hydroxyl groups is 1. The Morgan fingerprint density at radius 1 is 0.971 bits per heavy atom. The minimum absolute atomic E-state index is 0.0235. The van der Waals surface area contributed by atoms with E-state index in [1.165, 1.54) is 0 Å². The van der Waals surface area contributed by atoms with Gasteiger partial charge in [0.2, 0.25) is 9.04 Å². The minimum atomic E-state index is -1.44. The third-order valence-electron chi connectivity index (χ3n) is 6.29. The van der Waals surface area contributed by atoms with Gasteiger partial charge in [0.1, 0.15) is 17.6 Å². The van der Waals surface area contributed by atoms with E-state index in [9.17, 15) is 15.0 Å². The Morgan fingerprint density at radius 2 is 1.66 bits per heavy atom. The van der Waals surface area contributed by atoms with Crippen molar-refractivity contribution < 1.29 is 24.2 Å². The first-order valence-electron chi connectivity index (χ1n) is 11.8. The lowest BCUT2D eigenvalue weighted by Crippen LogP contribution is -2.15. The summed E-state index contributed by atoms with van der Waals surface area (Å²) in [4.78, 5) is 12.3. The van der Waals surface area contributed by atoms with Crippen LogP contribution in [0.5, 0.6) is 11.5 Å². The topological polar surface area (TPSA) is 76.0 Å². The summed E-state index contributed by atoms with van der Waals surface area (Å²) in [5.41, 5.74) is 5.36. The fourth-order valence-corrected chi connectivity index (χ4v) is 5.28. The van der Waals surface area contributed by atoms with Crippen molar-refractivity contribution in [2.24, 2.45) is 0 Å². The zero-order chi connectivity index (χ0) is 25.5. The van der Waals surface area contributed by atoms with Crippen molar-refractivity contribution in [2.45, 2.75) is 45.4 Å². The van der Waals surface area contributed by atoms with Crippen LogP contribution < -0.4 is 9.16 Å². The van der Waals surface area contributed by atoms with E-state index >= 15 is 0 Å². The van der Waals surface area contributed by atoms with Gasteiger partial charge in [0.05, 0.1) is 12.7 Å². The van der Waals surface area contributed by atoms with E-state index in [0.717, 1.165) is 28.0 Å². The van der Waals surface area contributed by atoms with Crippen molar-refractivity contribution in [3.05, 3.63) is 88.5 Å². The van der Waals surface area contributed by atoms with Crippen molar-refractivity contribution in [1.82, 2.24) is 0 Å². The number of rotatable bonds is 6. The number of benzene rings is 3. The molecular formula is C29H32O5Si. The second-order valence-electron chi connectivity index (χ2n) is 10.1. The number of aliphatic hydroxyl groups excluding tert-OH is 1. The molecule has 1 atom stereocenters. The second-order valence-corrected chi connectivity index (χ2v) is 12.5. The molecule has 4 rings (SSSR count). The molecule has 1 aliphatic rings. The van der Waals surface area contributed by atoms with Crippen LogP contribution in [0.1, 0.15) is 49.1 Å². The number of carboxylic acid groups (broad SMARTS) is 1. The largest absolute Gasteiger partial charge is 0.547 e. The molecule has 1 unspecified atom stereocenters. The molecule has 1 aliphatic carbocycles. The van der Waals surface area contributed by atoms with E-state index in [1.54, 1.807) is 25.3 Å². The van der Waals surface area contributed by atoms with Gasteiger partial charge in [-0.05, 0) is 64.5 Å². The van der Waals surface area contributed by atoms with E-state index in [0.29, 0.717) is 22.4 Å². The molecule has 0 fully saturated rings. The molecular weight excluding hydrogens is 456 g/mol. The molecule has 3 aromatic carbocycles. The molecule has 0 aliphatic heterocycles. The Labute approximate surface area is 208 Å². The molecule has 0 spiro atoms. The fourth-order valence-electron chi connectivity index (χ4n) is 4.57. The predicted molar refractivity (Wildman–Crippen MR) is 142 cm³/mol. The van der Waals surface area contributed by atoms with Gasteiger partial charge in [-0.2, -0.15) is 0 Å². The average Bonchev–Trinajstić information content (AvgIpc) is 3.11. The summed E-state index contributed by atoms with van der Waals surface area (Å²) in [5, 5.41) is 21.2. The van der Waals surface area contributed by atoms with Crippen LogP contribution >= 0.6 is 0 Å². The number of methoxy groups -OCH3 is 1. The van der Waals surface area contributed by atoms with Crippen LogP contribution in [-0.2, 0) is 10.2 Å². The predicted octanol–water partition coefficient (Wildman–Crippen LogP) is 5.96. The Kier molecular flexibility index (Phi) is 6.62. The van der Waals surface area contributed by atoms with Crippen LogP contribution in [0.2, 0.25) is 13.1 Å². The lowest BCUT2D eigenvalue weighted by atomic mass is 9.84. The fraction of sp³-hybridized carbons (Fsp3) is 0.276. The van der Waals surface area contributed by atoms with Crippen molar-refractivity contribution >= 4 is 20.6 Å². The number of hydrogen-bond acceptors (Lipinski definition) is 4. The quantitative estimate of drug-likeness (QED) is 0.419. The first-order chi connectivity index (χ1) is 16.5. The van der Waals surface area contributed by atoms with Gasteiger partial charge in [-0.1, -0.05) is 63.2 Å². The monoisotopic (exact) mass is 488 g/mol. The summed E-state index contributed by atoms with van der Waals surface area (Å²) in [6, 6.07) is 19.1. The maximum Gasteiger partial charge on any atom is 0.335 e. The van der Waals surface area contributed by atoms with E-state index in [2.05, 4.69) is 52.1 Å². The van der Waals surface area contributed by atoms with E-state index in [4.69, 9.17) is 9.16 Å². The Balaban J connectivity index is 2.00. The number of carboxylic acids is 1. The SMILES string of the molecule is COc1ccc(C2=C(C(=O)O)C(O)c3cccc(-c4ccc(C(C)(C)C)cc4O[SiH](C)C)c32)cc1. The average molecular weight is 489 g/mol. The van der Waals surface area contributed by atoms with Crippen LogP contribution in [-0.4, -0.2) is 32.3 Å². The summed E-state index contributed by atoms with van der Waals surface area (Å²) in [7, 11) is 0.148. The molecule has 0 aromatic heterocycles. The van der Waals surface area contributed by atoms with Crippen molar-refractivity contribution in [2.75, 3.05) is 7.11 Å². The zero-order valence-electron chi connectivity index (χ0n) is 21.0. The molecule has 0 amide bonds. The molecule has 0 saturated heterocycles. The summed E-state index contributed by atoms with van der Waals surface area (Å²) in [6.07, 6.45) is -1.22. The van der Waals surface area contributed by atoms with Crippen molar-refractivity contribution in [3.63, 3.8) is 0 Å². The first-order valence-corrected chi connectivity index (χ1v) is 14.6. The van der Waals surface area contributed by atoms with Crippen LogP contribution in [0.3, 0.4) is 0 Å². The number of carbonyl (C=O) groups is 1. The van der Waals surface area contributed by atoms with Gasteiger partial charge in [-0.25, -0.2) is 4.79 Å². The summed E-state index contributed by atoms with van der Waals surface area (Å²) >= 11 is 0. The van der Waals surface area contributed by atoms with Gasteiger partial charge in [0.15, 0.2) is 0 Å². The Morgan fingerprint density at radius 3 is 2.23 bits per heavy atom. The van der Waals surface area contributed by atoms with Crippen molar-refractivity contribution in [3.8, 4) is 22.6 Å². The zero-order valence-corrected chi connectivity index (χ0v) is 22.2. The molecule has 5 nitrogen and oxygen atoms in total. The minimum Gasteiger partial charge on any atom is -0.547 e. The van der Waals surface area contributed by atoms with E-state index in [-0.39, 0.29) is 11.0 Å². The van der Waals surface area contributed by atoms with Crippen LogP contribution in [0.15, 0.2) is 66.2 Å². The molecule has 0 saturated carbocycles. The molecule has 0 radical (unpaired) electrons. The molecule has 3 aromatic rings. The smallest absolute Gasteiger partial charge is 0.335 e. The second kappa shape index (κ2) is 9.36. The highest BCUT2D eigenvalue weighted by molar-refractivity contribution is 6.49. The highest BCUT2D eigenvalue weighted by Gasteiger charge is 2.37. The third-order valence-corrected chi connectivity index (χ3v) is 7.02. The molecule has 35 heavy (non-hydrogen) atoms. The molecule has 0 heterocycles. The maximum atomic E-state index is 12.3. The van der Waals surface area contributed by atoms with E-state index < -0.39 is 21.1 Å². The third kappa shape index (κ3) is 4.64. The first kappa shape index (κ1) is 24.8. The van der Waals surface area contributed by atoms with Crippen LogP contribution in [0, 0.1) is 0 Å². The summed E-state index contributed by atoms with van der Waals surface area (Å²) in [6.45, 7) is 10.7. The van der Waals surface area contributed by atoms with Gasteiger partial charge >= 0.3 is 5.97 Å². The number of aliphatic carboxylic acids is 1. The van der Waals surface area contributed by atoms with Crippen molar-refractivity contribution in [1.29, 1.82) is 0 Å². The molecule has 182 valence electrons.